The highest BCUT2D eigenvalue weighted by Crippen LogP contribution is 2.30. The molecule has 6 nitrogen and oxygen atoms in total. The van der Waals surface area contributed by atoms with Crippen LogP contribution in [-0.2, 0) is 11.2 Å². The van der Waals surface area contributed by atoms with Gasteiger partial charge in [0, 0.05) is 6.54 Å². The summed E-state index contributed by atoms with van der Waals surface area (Å²) in [4.78, 5) is 13.3. The van der Waals surface area contributed by atoms with Gasteiger partial charge in [-0.25, -0.2) is 15.0 Å². The van der Waals surface area contributed by atoms with Crippen molar-refractivity contribution in [2.45, 2.75) is 44.9 Å². The SMILES string of the molecule is CC1CCC(n2cnc3c(NCCCc4ccccc4)ncnc32)O1. The van der Waals surface area contributed by atoms with Gasteiger partial charge in [0.1, 0.15) is 12.6 Å². The van der Waals surface area contributed by atoms with Crippen molar-refractivity contribution in [3.63, 3.8) is 0 Å². The van der Waals surface area contributed by atoms with Crippen LogP contribution in [0.1, 0.15) is 38.0 Å². The number of nitrogens with zero attached hydrogens (tertiary/aromatic N) is 4. The zero-order chi connectivity index (χ0) is 17.1. The summed E-state index contributed by atoms with van der Waals surface area (Å²) < 4.78 is 7.97. The van der Waals surface area contributed by atoms with E-state index in [0.717, 1.165) is 49.2 Å². The molecule has 1 N–H and O–H groups in total. The van der Waals surface area contributed by atoms with Crippen molar-refractivity contribution in [2.75, 3.05) is 11.9 Å². The van der Waals surface area contributed by atoms with Crippen molar-refractivity contribution >= 4 is 17.0 Å². The molecule has 1 aromatic carbocycles. The molecule has 0 radical (unpaired) electrons. The van der Waals surface area contributed by atoms with Gasteiger partial charge >= 0.3 is 0 Å². The molecule has 1 saturated heterocycles. The molecule has 25 heavy (non-hydrogen) atoms. The Hall–Kier alpha value is -2.47. The number of ether oxygens (including phenoxy) is 1. The Balaban J connectivity index is 1.43. The van der Waals surface area contributed by atoms with Crippen LogP contribution in [0.5, 0.6) is 0 Å². The Labute approximate surface area is 147 Å². The van der Waals surface area contributed by atoms with Gasteiger partial charge in [0.05, 0.1) is 12.4 Å². The summed E-state index contributed by atoms with van der Waals surface area (Å²) in [6, 6.07) is 10.5. The molecular formula is C19H23N5O. The molecule has 3 heterocycles. The van der Waals surface area contributed by atoms with Crippen LogP contribution in [0, 0.1) is 0 Å². The molecule has 2 aromatic heterocycles. The van der Waals surface area contributed by atoms with Crippen LogP contribution in [0.25, 0.3) is 11.2 Å². The average Bonchev–Trinajstić information content (AvgIpc) is 3.26. The van der Waals surface area contributed by atoms with Gasteiger partial charge in [-0.05, 0) is 38.2 Å². The normalized spacial score (nSPS) is 20.2. The Morgan fingerprint density at radius 1 is 1.16 bits per heavy atom. The molecule has 4 rings (SSSR count). The van der Waals surface area contributed by atoms with Crippen molar-refractivity contribution in [3.05, 3.63) is 48.5 Å². The average molecular weight is 337 g/mol. The molecule has 0 saturated carbocycles. The second-order valence-corrected chi connectivity index (χ2v) is 6.54. The number of imidazole rings is 1. The molecule has 130 valence electrons. The minimum Gasteiger partial charge on any atom is -0.368 e. The van der Waals surface area contributed by atoms with Crippen molar-refractivity contribution in [1.29, 1.82) is 0 Å². The van der Waals surface area contributed by atoms with Crippen LogP contribution in [0.2, 0.25) is 0 Å². The smallest absolute Gasteiger partial charge is 0.167 e. The third kappa shape index (κ3) is 3.49. The van der Waals surface area contributed by atoms with Gasteiger partial charge in [-0.15, -0.1) is 0 Å². The van der Waals surface area contributed by atoms with Crippen LogP contribution in [0.15, 0.2) is 43.0 Å². The first-order valence-electron chi connectivity index (χ1n) is 8.92. The summed E-state index contributed by atoms with van der Waals surface area (Å²) in [5.41, 5.74) is 3.00. The van der Waals surface area contributed by atoms with Gasteiger partial charge in [0.25, 0.3) is 0 Å². The third-order valence-corrected chi connectivity index (χ3v) is 4.66. The number of anilines is 1. The van der Waals surface area contributed by atoms with Crippen LogP contribution >= 0.6 is 0 Å². The monoisotopic (exact) mass is 337 g/mol. The molecule has 1 aliphatic rings. The lowest BCUT2D eigenvalue weighted by Crippen LogP contribution is -2.09. The summed E-state index contributed by atoms with van der Waals surface area (Å²) in [6.07, 6.45) is 7.89. The number of benzene rings is 1. The molecular weight excluding hydrogens is 314 g/mol. The summed E-state index contributed by atoms with van der Waals surface area (Å²) >= 11 is 0. The van der Waals surface area contributed by atoms with Crippen molar-refractivity contribution in [3.8, 4) is 0 Å². The first kappa shape index (κ1) is 16.0. The van der Waals surface area contributed by atoms with E-state index in [9.17, 15) is 0 Å². The highest BCUT2D eigenvalue weighted by atomic mass is 16.5. The lowest BCUT2D eigenvalue weighted by molar-refractivity contribution is 0.0131. The fourth-order valence-corrected chi connectivity index (χ4v) is 3.32. The fourth-order valence-electron chi connectivity index (χ4n) is 3.32. The number of hydrogen-bond acceptors (Lipinski definition) is 5. The number of hydrogen-bond donors (Lipinski definition) is 1. The van der Waals surface area contributed by atoms with Gasteiger partial charge in [0.2, 0.25) is 0 Å². The van der Waals surface area contributed by atoms with Gasteiger partial charge in [0.15, 0.2) is 17.0 Å². The Bertz CT molecular complexity index is 832. The van der Waals surface area contributed by atoms with Crippen LogP contribution in [-0.4, -0.2) is 32.2 Å². The molecule has 1 aliphatic heterocycles. The summed E-state index contributed by atoms with van der Waals surface area (Å²) in [7, 11) is 0. The minimum absolute atomic E-state index is 0.0285. The Morgan fingerprint density at radius 3 is 2.84 bits per heavy atom. The van der Waals surface area contributed by atoms with Crippen LogP contribution in [0.4, 0.5) is 5.82 Å². The lowest BCUT2D eigenvalue weighted by Gasteiger charge is -2.13. The molecule has 3 aromatic rings. The first-order chi connectivity index (χ1) is 12.3. The van der Waals surface area contributed by atoms with E-state index in [-0.39, 0.29) is 6.23 Å². The number of fused-ring (bicyclic) bond motifs is 1. The Morgan fingerprint density at radius 2 is 2.04 bits per heavy atom. The lowest BCUT2D eigenvalue weighted by atomic mass is 10.1. The summed E-state index contributed by atoms with van der Waals surface area (Å²) in [5.74, 6) is 0.794. The number of rotatable bonds is 6. The quantitative estimate of drug-likeness (QED) is 0.697. The molecule has 6 heteroatoms. The largest absolute Gasteiger partial charge is 0.368 e. The van der Waals surface area contributed by atoms with E-state index in [2.05, 4.69) is 51.5 Å². The van der Waals surface area contributed by atoms with E-state index in [0.29, 0.717) is 6.10 Å². The van der Waals surface area contributed by atoms with Gasteiger partial charge in [-0.3, -0.25) is 4.57 Å². The number of nitrogens with one attached hydrogen (secondary N) is 1. The predicted octanol–water partition coefficient (Wildman–Crippen LogP) is 3.57. The topological polar surface area (TPSA) is 64.9 Å². The van der Waals surface area contributed by atoms with E-state index in [1.165, 1.54) is 5.56 Å². The van der Waals surface area contributed by atoms with Crippen molar-refractivity contribution < 1.29 is 4.74 Å². The first-order valence-corrected chi connectivity index (χ1v) is 8.92. The van der Waals surface area contributed by atoms with E-state index < -0.39 is 0 Å². The van der Waals surface area contributed by atoms with E-state index in [4.69, 9.17) is 4.74 Å². The van der Waals surface area contributed by atoms with Gasteiger partial charge in [-0.2, -0.15) is 0 Å². The minimum atomic E-state index is 0.0285. The fraction of sp³-hybridized carbons (Fsp3) is 0.421. The zero-order valence-corrected chi connectivity index (χ0v) is 14.4. The van der Waals surface area contributed by atoms with Crippen molar-refractivity contribution in [1.82, 2.24) is 19.5 Å². The Kier molecular flexibility index (Phi) is 4.61. The van der Waals surface area contributed by atoms with E-state index in [1.54, 1.807) is 6.33 Å². The molecule has 0 bridgehead atoms. The summed E-state index contributed by atoms with van der Waals surface area (Å²) in [6.45, 7) is 2.96. The molecule has 0 amide bonds. The zero-order valence-electron chi connectivity index (χ0n) is 14.4. The second kappa shape index (κ2) is 7.19. The maximum atomic E-state index is 5.94. The number of aryl methyl sites for hydroxylation is 1. The maximum absolute atomic E-state index is 5.94. The highest BCUT2D eigenvalue weighted by Gasteiger charge is 2.25. The van der Waals surface area contributed by atoms with Gasteiger partial charge in [-0.1, -0.05) is 30.3 Å². The summed E-state index contributed by atoms with van der Waals surface area (Å²) in [5, 5.41) is 3.40. The second-order valence-electron chi connectivity index (χ2n) is 6.54. The third-order valence-electron chi connectivity index (χ3n) is 4.66. The van der Waals surface area contributed by atoms with E-state index >= 15 is 0 Å². The van der Waals surface area contributed by atoms with Crippen LogP contribution < -0.4 is 5.32 Å². The van der Waals surface area contributed by atoms with Crippen molar-refractivity contribution in [2.24, 2.45) is 0 Å². The standard InChI is InChI=1S/C19H23N5O/c1-14-9-10-16(25-14)24-13-23-17-18(21-12-22-19(17)24)20-11-5-8-15-6-3-2-4-7-15/h2-4,6-7,12-14,16H,5,8-11H2,1H3,(H,20,21,22). The number of aromatic nitrogens is 4. The van der Waals surface area contributed by atoms with E-state index in [1.807, 2.05) is 17.0 Å². The maximum Gasteiger partial charge on any atom is 0.167 e. The molecule has 2 unspecified atom stereocenters. The molecule has 0 aliphatic carbocycles. The van der Waals surface area contributed by atoms with Gasteiger partial charge < -0.3 is 10.1 Å². The predicted molar refractivity (Wildman–Crippen MR) is 97.4 cm³/mol. The molecule has 1 fully saturated rings. The van der Waals surface area contributed by atoms with Crippen LogP contribution in [0.3, 0.4) is 0 Å². The highest BCUT2D eigenvalue weighted by molar-refractivity contribution is 5.82. The molecule has 2 atom stereocenters. The molecule has 0 spiro atoms.